The van der Waals surface area contributed by atoms with Gasteiger partial charge < -0.3 is 5.11 Å². The third kappa shape index (κ3) is 2.16. The molecule has 4 fully saturated rings. The van der Waals surface area contributed by atoms with Gasteiger partial charge in [0.25, 0.3) is 0 Å². The highest BCUT2D eigenvalue weighted by molar-refractivity contribution is 5.30. The molecule has 4 rings (SSSR count). The minimum atomic E-state index is -0.0455. The molecule has 4 aliphatic carbocycles. The zero-order valence-electron chi connectivity index (χ0n) is 15.6. The lowest BCUT2D eigenvalue weighted by molar-refractivity contribution is -0.116. The van der Waals surface area contributed by atoms with E-state index in [2.05, 4.69) is 18.7 Å². The van der Waals surface area contributed by atoms with E-state index in [1.165, 1.54) is 44.1 Å². The number of aliphatic hydroxyl groups is 1. The van der Waals surface area contributed by atoms with Gasteiger partial charge in [-0.3, -0.25) is 0 Å². The molecule has 24 heavy (non-hydrogen) atoms. The second kappa shape index (κ2) is 5.60. The molecule has 1 N–H and O–H groups in total. The summed E-state index contributed by atoms with van der Waals surface area (Å²) in [6, 6.07) is 0. The zero-order chi connectivity index (χ0) is 17.1. The maximum Gasteiger partial charge on any atom is 0.162 e. The first-order valence-corrected chi connectivity index (χ1v) is 10.2. The summed E-state index contributed by atoms with van der Waals surface area (Å²) in [7, 11) is 0. The Hall–Kier alpha value is -0.810. The standard InChI is InChI=1S/C22H33NO/c1-14(23-4)18-7-8-19-17-6-5-15-13-16(24)9-11-21(15,2)20(17)10-12-22(18,19)3/h15-17,19-20,24H,5-13H2,1-3H3/b18-14-/t15-,16-,17+,19+,20+,21+,22-/m1/s1. The minimum Gasteiger partial charge on any atom is -0.393 e. The van der Waals surface area contributed by atoms with Crippen molar-refractivity contribution in [3.8, 4) is 0 Å². The van der Waals surface area contributed by atoms with E-state index in [-0.39, 0.29) is 6.10 Å². The fourth-order valence-corrected chi connectivity index (χ4v) is 7.71. The molecular weight excluding hydrogens is 294 g/mol. The van der Waals surface area contributed by atoms with Crippen LogP contribution in [-0.4, -0.2) is 11.2 Å². The molecular formula is C22H33NO. The summed E-state index contributed by atoms with van der Waals surface area (Å²) in [5.41, 5.74) is 3.24. The summed E-state index contributed by atoms with van der Waals surface area (Å²) in [4.78, 5) is 3.80. The Bertz CT molecular complexity index is 602. The van der Waals surface area contributed by atoms with E-state index in [4.69, 9.17) is 6.57 Å². The van der Waals surface area contributed by atoms with Crippen molar-refractivity contribution in [2.75, 3.05) is 0 Å². The summed E-state index contributed by atoms with van der Waals surface area (Å²) < 4.78 is 0. The Kier molecular flexibility index (Phi) is 3.88. The van der Waals surface area contributed by atoms with E-state index in [1.807, 2.05) is 6.92 Å². The number of nitrogens with zero attached hydrogens (tertiary/aromatic N) is 1. The average Bonchev–Trinajstić information content (AvgIpc) is 2.92. The first kappa shape index (κ1) is 16.6. The Labute approximate surface area is 147 Å². The predicted octanol–water partition coefficient (Wildman–Crippen LogP) is 5.58. The van der Waals surface area contributed by atoms with Crippen molar-refractivity contribution in [2.45, 2.75) is 84.7 Å². The van der Waals surface area contributed by atoms with Crippen LogP contribution in [0.4, 0.5) is 0 Å². The molecule has 0 amide bonds. The highest BCUT2D eigenvalue weighted by Gasteiger charge is 2.58. The highest BCUT2D eigenvalue weighted by Crippen LogP contribution is 2.67. The van der Waals surface area contributed by atoms with Crippen LogP contribution in [0.2, 0.25) is 0 Å². The Balaban J connectivity index is 1.65. The number of aliphatic hydroxyl groups excluding tert-OH is 1. The summed E-state index contributed by atoms with van der Waals surface area (Å²) in [5.74, 6) is 3.26. The second-order valence-electron chi connectivity index (χ2n) is 9.76. The van der Waals surface area contributed by atoms with E-state index in [0.29, 0.717) is 10.8 Å². The van der Waals surface area contributed by atoms with Crippen LogP contribution in [0, 0.1) is 41.1 Å². The van der Waals surface area contributed by atoms with Gasteiger partial charge in [0.2, 0.25) is 0 Å². The van der Waals surface area contributed by atoms with E-state index in [0.717, 1.165) is 48.6 Å². The number of hydrogen-bond acceptors (Lipinski definition) is 1. The SMILES string of the molecule is [C-]#[N+]/C(C)=C1/CC[C@H]2[C@@H]3CC[C@@H]4C[C@H](O)CC[C@]4(C)[C@H]3CC[C@]12C. The number of rotatable bonds is 0. The molecule has 0 bridgehead atoms. The molecule has 7 atom stereocenters. The van der Waals surface area contributed by atoms with Gasteiger partial charge in [0, 0.05) is 0 Å². The predicted molar refractivity (Wildman–Crippen MR) is 97.0 cm³/mol. The van der Waals surface area contributed by atoms with E-state index in [1.54, 1.807) is 0 Å². The molecule has 0 aliphatic heterocycles. The molecule has 0 radical (unpaired) electrons. The van der Waals surface area contributed by atoms with Crippen LogP contribution in [-0.2, 0) is 0 Å². The Morgan fingerprint density at radius 3 is 2.62 bits per heavy atom. The lowest BCUT2D eigenvalue weighted by Crippen LogP contribution is -2.53. The molecule has 0 aromatic carbocycles. The van der Waals surface area contributed by atoms with Crippen molar-refractivity contribution >= 4 is 0 Å². The lowest BCUT2D eigenvalue weighted by Gasteiger charge is -2.60. The number of fused-ring (bicyclic) bond motifs is 5. The zero-order valence-corrected chi connectivity index (χ0v) is 15.6. The maximum atomic E-state index is 10.1. The van der Waals surface area contributed by atoms with Crippen molar-refractivity contribution in [3.05, 3.63) is 22.7 Å². The fourth-order valence-electron chi connectivity index (χ4n) is 7.71. The molecule has 0 spiro atoms. The molecule has 132 valence electrons. The number of allylic oxidation sites excluding steroid dienone is 2. The van der Waals surface area contributed by atoms with Crippen molar-refractivity contribution < 1.29 is 5.11 Å². The number of hydrogen-bond donors (Lipinski definition) is 1. The summed E-state index contributed by atoms with van der Waals surface area (Å²) >= 11 is 0. The van der Waals surface area contributed by atoms with Gasteiger partial charge in [-0.05, 0) is 99.2 Å². The molecule has 2 nitrogen and oxygen atoms in total. The third-order valence-electron chi connectivity index (χ3n) is 9.03. The van der Waals surface area contributed by atoms with E-state index in [9.17, 15) is 5.11 Å². The summed E-state index contributed by atoms with van der Waals surface area (Å²) in [6.45, 7) is 14.5. The molecule has 4 saturated carbocycles. The van der Waals surface area contributed by atoms with Gasteiger partial charge in [-0.25, -0.2) is 4.85 Å². The Morgan fingerprint density at radius 1 is 1.08 bits per heavy atom. The molecule has 0 aromatic heterocycles. The first-order chi connectivity index (χ1) is 11.4. The molecule has 0 unspecified atom stereocenters. The third-order valence-corrected chi connectivity index (χ3v) is 9.03. The maximum absolute atomic E-state index is 10.1. The Morgan fingerprint density at radius 2 is 1.88 bits per heavy atom. The molecule has 2 heteroatoms. The van der Waals surface area contributed by atoms with Gasteiger partial charge in [-0.15, -0.1) is 0 Å². The highest BCUT2D eigenvalue weighted by atomic mass is 16.3. The first-order valence-electron chi connectivity index (χ1n) is 10.2. The van der Waals surface area contributed by atoms with E-state index >= 15 is 0 Å². The van der Waals surface area contributed by atoms with Crippen molar-refractivity contribution in [3.63, 3.8) is 0 Å². The normalized spacial score (nSPS) is 52.7. The molecule has 0 heterocycles. The monoisotopic (exact) mass is 327 g/mol. The molecule has 0 aromatic rings. The summed E-state index contributed by atoms with van der Waals surface area (Å²) in [5, 5.41) is 10.1. The van der Waals surface area contributed by atoms with Crippen LogP contribution < -0.4 is 0 Å². The van der Waals surface area contributed by atoms with Gasteiger partial charge in [0.05, 0.1) is 12.7 Å². The van der Waals surface area contributed by atoms with E-state index < -0.39 is 0 Å². The largest absolute Gasteiger partial charge is 0.393 e. The second-order valence-corrected chi connectivity index (χ2v) is 9.76. The molecule has 4 aliphatic rings. The van der Waals surface area contributed by atoms with Crippen LogP contribution in [0.15, 0.2) is 11.3 Å². The summed E-state index contributed by atoms with van der Waals surface area (Å²) in [6.07, 6.45) is 11.0. The van der Waals surface area contributed by atoms with Crippen molar-refractivity contribution in [1.29, 1.82) is 0 Å². The fraction of sp³-hybridized carbons (Fsp3) is 0.864. The van der Waals surface area contributed by atoms with Crippen molar-refractivity contribution in [2.24, 2.45) is 34.5 Å². The van der Waals surface area contributed by atoms with Crippen LogP contribution in [0.25, 0.3) is 4.85 Å². The van der Waals surface area contributed by atoms with Gasteiger partial charge >= 0.3 is 0 Å². The van der Waals surface area contributed by atoms with Gasteiger partial charge in [-0.1, -0.05) is 19.4 Å². The van der Waals surface area contributed by atoms with Crippen LogP contribution >= 0.6 is 0 Å². The quantitative estimate of drug-likeness (QED) is 0.577. The van der Waals surface area contributed by atoms with Gasteiger partial charge in [-0.2, -0.15) is 0 Å². The van der Waals surface area contributed by atoms with Crippen LogP contribution in [0.3, 0.4) is 0 Å². The topological polar surface area (TPSA) is 24.6 Å². The molecule has 0 saturated heterocycles. The van der Waals surface area contributed by atoms with Crippen LogP contribution in [0.5, 0.6) is 0 Å². The minimum absolute atomic E-state index is 0.0455. The van der Waals surface area contributed by atoms with Gasteiger partial charge in [0.1, 0.15) is 0 Å². The smallest absolute Gasteiger partial charge is 0.162 e. The average molecular weight is 328 g/mol. The van der Waals surface area contributed by atoms with Crippen LogP contribution in [0.1, 0.15) is 78.6 Å². The van der Waals surface area contributed by atoms with Gasteiger partial charge in [0.15, 0.2) is 5.70 Å². The van der Waals surface area contributed by atoms with Crippen molar-refractivity contribution in [1.82, 2.24) is 0 Å². The lowest BCUT2D eigenvalue weighted by atomic mass is 9.45.